The second-order valence-corrected chi connectivity index (χ2v) is 12.0. The van der Waals surface area contributed by atoms with E-state index in [-0.39, 0.29) is 17.8 Å². The summed E-state index contributed by atoms with van der Waals surface area (Å²) in [4.78, 5) is 45.0. The number of hydrogen-bond acceptors (Lipinski definition) is 7. The fourth-order valence-electron chi connectivity index (χ4n) is 6.14. The van der Waals surface area contributed by atoms with E-state index in [4.69, 9.17) is 11.5 Å². The van der Waals surface area contributed by atoms with E-state index >= 15 is 0 Å². The van der Waals surface area contributed by atoms with Crippen LogP contribution in [0.15, 0.2) is 41.3 Å². The van der Waals surface area contributed by atoms with Gasteiger partial charge in [-0.25, -0.2) is 9.59 Å². The standard InChI is InChI=1S/C28H40N8O3/c1-27(2,30)24(37)34-11-13-35(14-12-34)25(38)32-23-8-10-36(26(39)33-23)22-5-3-19(4-6-22)7-9-31-21-17-28(18-21)15-20(29)16-28/h3-6,8,10,20-21,31H,7,9,11-18,29-30H2,1-2H3,(H,32,33,38,39). The van der Waals surface area contributed by atoms with Gasteiger partial charge in [0.2, 0.25) is 5.91 Å². The Morgan fingerprint density at radius 2 is 1.67 bits per heavy atom. The van der Waals surface area contributed by atoms with Crippen molar-refractivity contribution < 1.29 is 9.59 Å². The maximum atomic E-state index is 12.7. The van der Waals surface area contributed by atoms with Gasteiger partial charge in [-0.15, -0.1) is 0 Å². The molecule has 1 aliphatic heterocycles. The van der Waals surface area contributed by atoms with Gasteiger partial charge < -0.3 is 26.6 Å². The minimum Gasteiger partial charge on any atom is -0.338 e. The number of anilines is 1. The number of nitrogens with two attached hydrogens (primary N) is 2. The summed E-state index contributed by atoms with van der Waals surface area (Å²) in [6.45, 7) is 5.84. The molecule has 0 radical (unpaired) electrons. The van der Waals surface area contributed by atoms with E-state index in [1.165, 1.54) is 35.8 Å². The zero-order valence-corrected chi connectivity index (χ0v) is 22.9. The number of urea groups is 1. The number of piperazine rings is 1. The largest absolute Gasteiger partial charge is 0.354 e. The van der Waals surface area contributed by atoms with Crippen LogP contribution in [-0.2, 0) is 11.2 Å². The first-order valence-corrected chi connectivity index (χ1v) is 13.8. The Kier molecular flexibility index (Phi) is 7.49. The van der Waals surface area contributed by atoms with Crippen molar-refractivity contribution in [2.24, 2.45) is 16.9 Å². The predicted octanol–water partition coefficient (Wildman–Crippen LogP) is 1.05. The molecule has 3 amide bonds. The van der Waals surface area contributed by atoms with Crippen LogP contribution in [0.1, 0.15) is 45.1 Å². The molecule has 11 nitrogen and oxygen atoms in total. The number of benzene rings is 1. The first-order chi connectivity index (χ1) is 18.5. The van der Waals surface area contributed by atoms with Crippen LogP contribution in [-0.4, -0.2) is 81.6 Å². The molecule has 1 aromatic heterocycles. The number of hydrogen-bond donors (Lipinski definition) is 4. The lowest BCUT2D eigenvalue weighted by Gasteiger charge is -2.57. The molecule has 11 heteroatoms. The van der Waals surface area contributed by atoms with Crippen molar-refractivity contribution in [3.63, 3.8) is 0 Å². The van der Waals surface area contributed by atoms with Crippen LogP contribution in [0.25, 0.3) is 5.69 Å². The maximum Gasteiger partial charge on any atom is 0.354 e. The Morgan fingerprint density at radius 3 is 2.26 bits per heavy atom. The van der Waals surface area contributed by atoms with Crippen molar-refractivity contribution in [2.75, 3.05) is 38.0 Å². The molecule has 5 rings (SSSR count). The smallest absolute Gasteiger partial charge is 0.338 e. The fraction of sp³-hybridized carbons (Fsp3) is 0.571. The van der Waals surface area contributed by atoms with Crippen LogP contribution < -0.4 is 27.8 Å². The Bertz CT molecular complexity index is 1250. The minimum atomic E-state index is -0.944. The van der Waals surface area contributed by atoms with E-state index in [0.717, 1.165) is 13.0 Å². The van der Waals surface area contributed by atoms with Crippen LogP contribution in [0.3, 0.4) is 0 Å². The molecule has 0 unspecified atom stereocenters. The highest BCUT2D eigenvalue weighted by Crippen LogP contribution is 2.55. The molecule has 0 bridgehead atoms. The van der Waals surface area contributed by atoms with Gasteiger partial charge in [0.15, 0.2) is 0 Å². The van der Waals surface area contributed by atoms with Crippen molar-refractivity contribution in [3.8, 4) is 5.69 Å². The van der Waals surface area contributed by atoms with Crippen LogP contribution in [0.5, 0.6) is 0 Å². The summed E-state index contributed by atoms with van der Waals surface area (Å²) in [7, 11) is 0. The fourth-order valence-corrected chi connectivity index (χ4v) is 6.14. The highest BCUT2D eigenvalue weighted by atomic mass is 16.2. The summed E-state index contributed by atoms with van der Waals surface area (Å²) in [5.41, 5.74) is 12.9. The van der Waals surface area contributed by atoms with Gasteiger partial charge in [-0.3, -0.25) is 14.7 Å². The predicted molar refractivity (Wildman–Crippen MR) is 150 cm³/mol. The zero-order valence-electron chi connectivity index (χ0n) is 22.9. The third-order valence-corrected chi connectivity index (χ3v) is 8.25. The number of rotatable bonds is 7. The molecule has 3 fully saturated rings. The third kappa shape index (κ3) is 6.15. The third-order valence-electron chi connectivity index (χ3n) is 8.25. The monoisotopic (exact) mass is 536 g/mol. The molecule has 1 spiro atoms. The van der Waals surface area contributed by atoms with E-state index in [1.54, 1.807) is 35.9 Å². The summed E-state index contributed by atoms with van der Waals surface area (Å²) >= 11 is 0. The summed E-state index contributed by atoms with van der Waals surface area (Å²) in [6, 6.07) is 10.2. The molecule has 2 aliphatic carbocycles. The summed E-state index contributed by atoms with van der Waals surface area (Å²) in [5, 5.41) is 6.35. The first kappa shape index (κ1) is 27.3. The first-order valence-electron chi connectivity index (χ1n) is 13.8. The molecule has 1 aromatic carbocycles. The van der Waals surface area contributed by atoms with Crippen LogP contribution in [0.2, 0.25) is 0 Å². The number of amides is 3. The lowest BCUT2D eigenvalue weighted by molar-refractivity contribution is -0.137. The van der Waals surface area contributed by atoms with Crippen molar-refractivity contribution in [3.05, 3.63) is 52.6 Å². The zero-order chi connectivity index (χ0) is 27.8. The molecule has 2 aromatic rings. The highest BCUT2D eigenvalue weighted by Gasteiger charge is 2.51. The topological polar surface area (TPSA) is 152 Å². The lowest BCUT2D eigenvalue weighted by atomic mass is 9.52. The summed E-state index contributed by atoms with van der Waals surface area (Å²) in [5.74, 6) is 0.0473. The quantitative estimate of drug-likeness (QED) is 0.413. The van der Waals surface area contributed by atoms with Gasteiger partial charge in [0.05, 0.1) is 11.2 Å². The molecular weight excluding hydrogens is 496 g/mol. The molecule has 39 heavy (non-hydrogen) atoms. The summed E-state index contributed by atoms with van der Waals surface area (Å²) in [6.07, 6.45) is 7.40. The van der Waals surface area contributed by atoms with Gasteiger partial charge in [0.25, 0.3) is 0 Å². The Morgan fingerprint density at radius 1 is 1.03 bits per heavy atom. The molecule has 2 heterocycles. The molecule has 1 saturated heterocycles. The maximum absolute atomic E-state index is 12.7. The average Bonchev–Trinajstić information content (AvgIpc) is 2.86. The Hall–Kier alpha value is -3.28. The van der Waals surface area contributed by atoms with Crippen molar-refractivity contribution in [1.29, 1.82) is 0 Å². The number of carbonyl (C=O) groups excluding carboxylic acids is 2. The van der Waals surface area contributed by atoms with Crippen molar-refractivity contribution >= 4 is 17.8 Å². The van der Waals surface area contributed by atoms with E-state index in [0.29, 0.717) is 49.4 Å². The van der Waals surface area contributed by atoms with Gasteiger partial charge >= 0.3 is 11.7 Å². The lowest BCUT2D eigenvalue weighted by Crippen LogP contribution is -2.58. The molecular formula is C28H40N8O3. The minimum absolute atomic E-state index is 0.140. The molecule has 3 aliphatic rings. The molecule has 6 N–H and O–H groups in total. The highest BCUT2D eigenvalue weighted by molar-refractivity contribution is 5.89. The van der Waals surface area contributed by atoms with Gasteiger partial charge in [-0.05, 0) is 81.7 Å². The van der Waals surface area contributed by atoms with Gasteiger partial charge in [-0.2, -0.15) is 4.98 Å². The van der Waals surface area contributed by atoms with E-state index < -0.39 is 11.2 Å². The number of carbonyl (C=O) groups is 2. The normalized spacial score (nSPS) is 24.7. The van der Waals surface area contributed by atoms with E-state index in [9.17, 15) is 14.4 Å². The summed E-state index contributed by atoms with van der Waals surface area (Å²) < 4.78 is 1.45. The number of nitrogens with zero attached hydrogens (tertiary/aromatic N) is 4. The van der Waals surface area contributed by atoms with Gasteiger partial charge in [-0.1, -0.05) is 12.1 Å². The SMILES string of the molecule is CC(C)(N)C(=O)N1CCN(C(=O)Nc2ccn(-c3ccc(CCNC4CC5(CC(N)C5)C4)cc3)c(=O)n2)CC1. The van der Waals surface area contributed by atoms with Crippen LogP contribution in [0, 0.1) is 5.41 Å². The van der Waals surface area contributed by atoms with Crippen molar-refractivity contribution in [2.45, 2.75) is 63.6 Å². The Balaban J connectivity index is 1.08. The van der Waals surface area contributed by atoms with Gasteiger partial charge in [0.1, 0.15) is 5.82 Å². The average molecular weight is 537 g/mol. The van der Waals surface area contributed by atoms with E-state index in [2.05, 4.69) is 15.6 Å². The number of aromatic nitrogens is 2. The Labute approximate surface area is 228 Å². The second-order valence-electron chi connectivity index (χ2n) is 12.0. The molecule has 2 saturated carbocycles. The second kappa shape index (κ2) is 10.7. The van der Waals surface area contributed by atoms with Crippen LogP contribution in [0.4, 0.5) is 10.6 Å². The van der Waals surface area contributed by atoms with Crippen molar-refractivity contribution in [1.82, 2.24) is 24.7 Å². The van der Waals surface area contributed by atoms with E-state index in [1.807, 2.05) is 24.3 Å². The molecule has 0 atom stereocenters. The molecule has 210 valence electrons. The number of nitrogens with one attached hydrogen (secondary N) is 2. The van der Waals surface area contributed by atoms with Gasteiger partial charge in [0, 0.05) is 44.5 Å². The van der Waals surface area contributed by atoms with Crippen LogP contribution >= 0.6 is 0 Å².